The van der Waals surface area contributed by atoms with Gasteiger partial charge in [0.15, 0.2) is 0 Å². The summed E-state index contributed by atoms with van der Waals surface area (Å²) in [7, 11) is -4.11. The Labute approximate surface area is 164 Å². The summed E-state index contributed by atoms with van der Waals surface area (Å²) in [4.78, 5) is 15.1. The van der Waals surface area contributed by atoms with Crippen LogP contribution < -0.4 is 5.73 Å². The van der Waals surface area contributed by atoms with E-state index in [2.05, 4.69) is 14.7 Å². The van der Waals surface area contributed by atoms with Gasteiger partial charge in [0.2, 0.25) is 28.1 Å². The van der Waals surface area contributed by atoms with E-state index in [4.69, 9.17) is 17.3 Å². The monoisotopic (exact) mass is 424 g/mol. The summed E-state index contributed by atoms with van der Waals surface area (Å²) in [6.07, 6.45) is 1.11. The van der Waals surface area contributed by atoms with E-state index in [0.717, 1.165) is 16.8 Å². The maximum atomic E-state index is 14.5. The number of nitrogens with two attached hydrogens (primary N) is 1. The van der Waals surface area contributed by atoms with E-state index in [0.29, 0.717) is 10.6 Å². The summed E-state index contributed by atoms with van der Waals surface area (Å²) in [6.45, 7) is -1.01. The smallest absolute Gasteiger partial charge is 0.243 e. The largest absolute Gasteiger partial charge is 0.369 e. The molecule has 2 N–H and O–H groups in total. The number of carbonyl (C=O) groups excluding carboxylic acids is 1. The first-order valence-corrected chi connectivity index (χ1v) is 9.68. The van der Waals surface area contributed by atoms with E-state index in [1.54, 1.807) is 0 Å². The lowest BCUT2D eigenvalue weighted by atomic mass is 10.1. The van der Waals surface area contributed by atoms with E-state index in [-0.39, 0.29) is 16.3 Å². The van der Waals surface area contributed by atoms with Gasteiger partial charge in [0, 0.05) is 22.7 Å². The average Bonchev–Trinajstić information content (AvgIpc) is 3.17. The first kappa shape index (κ1) is 19.9. The lowest BCUT2D eigenvalue weighted by molar-refractivity contribution is -0.118. The molecule has 0 fully saturated rings. The predicted molar refractivity (Wildman–Crippen MR) is 97.9 cm³/mol. The van der Waals surface area contributed by atoms with E-state index in [1.807, 2.05) is 0 Å². The first-order valence-electron chi connectivity index (χ1n) is 7.86. The quantitative estimate of drug-likeness (QED) is 0.621. The Balaban J connectivity index is 1.93. The van der Waals surface area contributed by atoms with Crippen LogP contribution in [0.2, 0.25) is 5.02 Å². The van der Waals surface area contributed by atoms with Gasteiger partial charge in [-0.1, -0.05) is 28.9 Å². The SMILES string of the molecule is NC(=O)CN(Cc1ccc(-c2ncon2)cc1F)S(=O)(=O)c1ccc(Cl)cc1. The van der Waals surface area contributed by atoms with Crippen molar-refractivity contribution in [3.05, 3.63) is 65.3 Å². The summed E-state index contributed by atoms with van der Waals surface area (Å²) in [6, 6.07) is 9.43. The van der Waals surface area contributed by atoms with Crippen molar-refractivity contribution in [1.82, 2.24) is 14.4 Å². The Morgan fingerprint density at radius 1 is 1.21 bits per heavy atom. The zero-order chi connectivity index (χ0) is 20.3. The highest BCUT2D eigenvalue weighted by molar-refractivity contribution is 7.89. The Bertz CT molecular complexity index is 1090. The minimum absolute atomic E-state index is 0.0473. The molecule has 0 unspecified atom stereocenters. The van der Waals surface area contributed by atoms with Gasteiger partial charge in [0.1, 0.15) is 5.82 Å². The van der Waals surface area contributed by atoms with Crippen LogP contribution in [0, 0.1) is 5.82 Å². The number of carbonyl (C=O) groups is 1. The lowest BCUT2D eigenvalue weighted by Gasteiger charge is -2.21. The molecule has 0 radical (unpaired) electrons. The molecule has 11 heteroatoms. The predicted octanol–water partition coefficient (Wildman–Crippen LogP) is 2.21. The van der Waals surface area contributed by atoms with Crippen LogP contribution in [0.1, 0.15) is 5.56 Å². The number of primary amides is 1. The van der Waals surface area contributed by atoms with Crippen molar-refractivity contribution in [2.45, 2.75) is 11.4 Å². The lowest BCUT2D eigenvalue weighted by Crippen LogP contribution is -2.38. The van der Waals surface area contributed by atoms with Gasteiger partial charge in [-0.2, -0.15) is 9.29 Å². The third-order valence-corrected chi connectivity index (χ3v) is 5.86. The third-order valence-electron chi connectivity index (χ3n) is 3.80. The standard InChI is InChI=1S/C17H14ClFN4O4S/c18-13-3-5-14(6-4-13)28(25,26)23(9-16(20)24)8-12-2-1-11(7-15(12)19)17-21-10-27-22-17/h1-7,10H,8-9H2,(H2,20,24). The molecule has 3 aromatic rings. The average molecular weight is 425 g/mol. The highest BCUT2D eigenvalue weighted by Gasteiger charge is 2.27. The van der Waals surface area contributed by atoms with Crippen LogP contribution in [0.5, 0.6) is 0 Å². The van der Waals surface area contributed by atoms with Gasteiger partial charge >= 0.3 is 0 Å². The number of aromatic nitrogens is 2. The number of nitrogens with zero attached hydrogens (tertiary/aromatic N) is 3. The number of amides is 1. The Kier molecular flexibility index (Phi) is 5.73. The van der Waals surface area contributed by atoms with E-state index in [1.165, 1.54) is 36.4 Å². The first-order chi connectivity index (χ1) is 13.3. The van der Waals surface area contributed by atoms with Crippen molar-refractivity contribution in [3.63, 3.8) is 0 Å². The summed E-state index contributed by atoms with van der Waals surface area (Å²) in [5.41, 5.74) is 5.59. The normalized spacial score (nSPS) is 11.7. The van der Waals surface area contributed by atoms with Crippen LogP contribution in [0.15, 0.2) is 58.3 Å². The minimum atomic E-state index is -4.11. The van der Waals surface area contributed by atoms with Crippen molar-refractivity contribution in [2.24, 2.45) is 5.73 Å². The Morgan fingerprint density at radius 3 is 2.50 bits per heavy atom. The third kappa shape index (κ3) is 4.35. The van der Waals surface area contributed by atoms with Crippen molar-refractivity contribution < 1.29 is 22.1 Å². The van der Waals surface area contributed by atoms with Crippen molar-refractivity contribution in [3.8, 4) is 11.4 Å². The van der Waals surface area contributed by atoms with E-state index >= 15 is 0 Å². The van der Waals surface area contributed by atoms with Crippen molar-refractivity contribution in [2.75, 3.05) is 6.54 Å². The molecule has 8 nitrogen and oxygen atoms in total. The van der Waals surface area contributed by atoms with Crippen LogP contribution in [-0.4, -0.2) is 35.3 Å². The van der Waals surface area contributed by atoms with Gasteiger partial charge in [0.25, 0.3) is 0 Å². The molecular formula is C17H14ClFN4O4S. The molecule has 1 amide bonds. The van der Waals surface area contributed by atoms with Gasteiger partial charge in [0.05, 0.1) is 11.4 Å². The fraction of sp³-hybridized carbons (Fsp3) is 0.118. The summed E-state index contributed by atoms with van der Waals surface area (Å²) in [5.74, 6) is -1.38. The Morgan fingerprint density at radius 2 is 1.93 bits per heavy atom. The highest BCUT2D eigenvalue weighted by Crippen LogP contribution is 2.23. The molecule has 0 aliphatic carbocycles. The van der Waals surface area contributed by atoms with Crippen molar-refractivity contribution in [1.29, 1.82) is 0 Å². The Hall–Kier alpha value is -2.82. The molecule has 28 heavy (non-hydrogen) atoms. The molecule has 0 aliphatic heterocycles. The number of hydrogen-bond donors (Lipinski definition) is 1. The van der Waals surface area contributed by atoms with Gasteiger partial charge in [-0.25, -0.2) is 12.8 Å². The van der Waals surface area contributed by atoms with Crippen LogP contribution in [0.25, 0.3) is 11.4 Å². The van der Waals surface area contributed by atoms with Gasteiger partial charge in [-0.3, -0.25) is 4.79 Å². The number of hydrogen-bond acceptors (Lipinski definition) is 6. The summed E-state index contributed by atoms with van der Waals surface area (Å²) >= 11 is 5.78. The highest BCUT2D eigenvalue weighted by atomic mass is 35.5. The second kappa shape index (κ2) is 8.05. The number of rotatable bonds is 7. The second-order valence-corrected chi connectivity index (χ2v) is 8.13. The second-order valence-electron chi connectivity index (χ2n) is 5.75. The summed E-state index contributed by atoms with van der Waals surface area (Å²) in [5, 5.41) is 3.96. The number of halogens is 2. The molecule has 146 valence electrons. The van der Waals surface area contributed by atoms with E-state index in [9.17, 15) is 17.6 Å². The zero-order valence-electron chi connectivity index (χ0n) is 14.2. The fourth-order valence-corrected chi connectivity index (χ4v) is 3.97. The van der Waals surface area contributed by atoms with Crippen molar-refractivity contribution >= 4 is 27.5 Å². The molecule has 0 atom stereocenters. The molecule has 0 bridgehead atoms. The molecule has 0 saturated heterocycles. The summed E-state index contributed by atoms with van der Waals surface area (Å²) < 4.78 is 45.7. The molecule has 0 saturated carbocycles. The van der Waals surface area contributed by atoms with Gasteiger partial charge in [-0.05, 0) is 30.3 Å². The van der Waals surface area contributed by atoms with Gasteiger partial charge in [-0.15, -0.1) is 0 Å². The molecular weight excluding hydrogens is 411 g/mol. The molecule has 0 aliphatic rings. The minimum Gasteiger partial charge on any atom is -0.369 e. The molecule has 3 rings (SSSR count). The van der Waals surface area contributed by atoms with E-state index < -0.39 is 34.8 Å². The molecule has 1 heterocycles. The maximum absolute atomic E-state index is 14.5. The number of benzene rings is 2. The van der Waals surface area contributed by atoms with Crippen LogP contribution in [0.3, 0.4) is 0 Å². The molecule has 1 aromatic heterocycles. The maximum Gasteiger partial charge on any atom is 0.243 e. The number of sulfonamides is 1. The van der Waals surface area contributed by atoms with Crippen LogP contribution in [0.4, 0.5) is 4.39 Å². The van der Waals surface area contributed by atoms with Crippen LogP contribution >= 0.6 is 11.6 Å². The topological polar surface area (TPSA) is 119 Å². The zero-order valence-corrected chi connectivity index (χ0v) is 15.8. The van der Waals surface area contributed by atoms with Gasteiger partial charge < -0.3 is 10.3 Å². The molecule has 0 spiro atoms. The molecule has 2 aromatic carbocycles. The fourth-order valence-electron chi connectivity index (χ4n) is 2.46. The van der Waals surface area contributed by atoms with Crippen LogP contribution in [-0.2, 0) is 21.4 Å².